The number of nitrogens with one attached hydrogen (secondary N) is 1. The van der Waals surface area contributed by atoms with Gasteiger partial charge >= 0.3 is 0 Å². The third-order valence-corrected chi connectivity index (χ3v) is 3.36. The predicted octanol–water partition coefficient (Wildman–Crippen LogP) is 1.10. The molecular formula is C13H18N2O3. The number of amides is 1. The molecule has 1 fully saturated rings. The van der Waals surface area contributed by atoms with E-state index in [9.17, 15) is 15.0 Å². The number of phenolic OH excluding ortho intramolecular Hbond substituents is 2. The monoisotopic (exact) mass is 250 g/mol. The lowest BCUT2D eigenvalue weighted by Crippen LogP contribution is -2.49. The molecule has 5 N–H and O–H groups in total. The number of hydrogen-bond donors (Lipinski definition) is 4. The maximum absolute atomic E-state index is 12.0. The van der Waals surface area contributed by atoms with Crippen LogP contribution in [0, 0.1) is 0 Å². The van der Waals surface area contributed by atoms with Gasteiger partial charge in [-0.2, -0.15) is 0 Å². The summed E-state index contributed by atoms with van der Waals surface area (Å²) in [5.41, 5.74) is 6.02. The quantitative estimate of drug-likeness (QED) is 0.591. The van der Waals surface area contributed by atoms with E-state index in [1.54, 1.807) is 0 Å². The van der Waals surface area contributed by atoms with E-state index in [-0.39, 0.29) is 29.1 Å². The molecule has 0 unspecified atom stereocenters. The Hall–Kier alpha value is -1.75. The van der Waals surface area contributed by atoms with Crippen molar-refractivity contribution in [2.45, 2.75) is 37.8 Å². The fraction of sp³-hybridized carbons (Fsp3) is 0.462. The summed E-state index contributed by atoms with van der Waals surface area (Å²) in [5.74, 6) is -0.591. The van der Waals surface area contributed by atoms with Gasteiger partial charge in [-0.1, -0.05) is 12.8 Å². The average Bonchev–Trinajstić information content (AvgIpc) is 2.35. The standard InChI is InChI=1S/C13H18N2O3/c14-10-3-1-2-4-11(10)15-13(18)9-7-8(16)5-6-12(9)17/h5-7,10-11,16-17H,1-4,14H2,(H,15,18)/t10-,11-/m1/s1. The number of carbonyl (C=O) groups is 1. The minimum Gasteiger partial charge on any atom is -0.508 e. The first-order chi connectivity index (χ1) is 8.58. The molecule has 2 rings (SSSR count). The van der Waals surface area contributed by atoms with Gasteiger partial charge < -0.3 is 21.3 Å². The number of hydrogen-bond acceptors (Lipinski definition) is 4. The Kier molecular flexibility index (Phi) is 3.72. The van der Waals surface area contributed by atoms with Crippen molar-refractivity contribution < 1.29 is 15.0 Å². The van der Waals surface area contributed by atoms with Crippen molar-refractivity contribution in [3.63, 3.8) is 0 Å². The second-order valence-corrected chi connectivity index (χ2v) is 4.73. The molecule has 1 aromatic carbocycles. The Balaban J connectivity index is 2.09. The summed E-state index contributed by atoms with van der Waals surface area (Å²) in [6.07, 6.45) is 3.89. The fourth-order valence-electron chi connectivity index (χ4n) is 2.29. The normalized spacial score (nSPS) is 23.6. The number of benzene rings is 1. The number of aromatic hydroxyl groups is 2. The van der Waals surface area contributed by atoms with Crippen LogP contribution < -0.4 is 11.1 Å². The van der Waals surface area contributed by atoms with Crippen molar-refractivity contribution in [3.05, 3.63) is 23.8 Å². The zero-order valence-electron chi connectivity index (χ0n) is 10.1. The number of carbonyl (C=O) groups excluding carboxylic acids is 1. The molecule has 0 spiro atoms. The van der Waals surface area contributed by atoms with Gasteiger partial charge in [-0.25, -0.2) is 0 Å². The van der Waals surface area contributed by atoms with Crippen LogP contribution in [0.1, 0.15) is 36.0 Å². The third kappa shape index (κ3) is 2.73. The molecule has 1 saturated carbocycles. The fourth-order valence-corrected chi connectivity index (χ4v) is 2.29. The van der Waals surface area contributed by atoms with Gasteiger partial charge in [-0.3, -0.25) is 4.79 Å². The van der Waals surface area contributed by atoms with Gasteiger partial charge in [0, 0.05) is 12.1 Å². The van der Waals surface area contributed by atoms with Gasteiger partial charge in [-0.15, -0.1) is 0 Å². The molecule has 5 heteroatoms. The number of rotatable bonds is 2. The largest absolute Gasteiger partial charge is 0.508 e. The molecule has 1 aliphatic rings. The van der Waals surface area contributed by atoms with E-state index in [2.05, 4.69) is 5.32 Å². The summed E-state index contributed by atoms with van der Waals surface area (Å²) in [7, 11) is 0. The smallest absolute Gasteiger partial charge is 0.255 e. The maximum atomic E-state index is 12.0. The van der Waals surface area contributed by atoms with Gasteiger partial charge in [-0.05, 0) is 31.0 Å². The first kappa shape index (κ1) is 12.7. The van der Waals surface area contributed by atoms with E-state index < -0.39 is 5.91 Å². The predicted molar refractivity (Wildman–Crippen MR) is 67.5 cm³/mol. The van der Waals surface area contributed by atoms with Crippen molar-refractivity contribution in [1.82, 2.24) is 5.32 Å². The van der Waals surface area contributed by atoms with Gasteiger partial charge in [0.1, 0.15) is 11.5 Å². The molecule has 1 amide bonds. The van der Waals surface area contributed by atoms with E-state index in [0.29, 0.717) is 0 Å². The average molecular weight is 250 g/mol. The second-order valence-electron chi connectivity index (χ2n) is 4.73. The Bertz CT molecular complexity index is 448. The zero-order valence-corrected chi connectivity index (χ0v) is 10.1. The lowest BCUT2D eigenvalue weighted by molar-refractivity contribution is 0.0918. The van der Waals surface area contributed by atoms with Gasteiger partial charge in [0.05, 0.1) is 5.56 Å². The Morgan fingerprint density at radius 2 is 2.00 bits per heavy atom. The molecule has 0 saturated heterocycles. The highest BCUT2D eigenvalue weighted by atomic mass is 16.3. The molecule has 0 radical (unpaired) electrons. The highest BCUT2D eigenvalue weighted by molar-refractivity contribution is 5.97. The van der Waals surface area contributed by atoms with E-state index in [4.69, 9.17) is 5.73 Å². The summed E-state index contributed by atoms with van der Waals surface area (Å²) in [5, 5.41) is 21.7. The zero-order chi connectivity index (χ0) is 13.1. The molecular weight excluding hydrogens is 232 g/mol. The third-order valence-electron chi connectivity index (χ3n) is 3.36. The number of phenols is 2. The topological polar surface area (TPSA) is 95.6 Å². The Morgan fingerprint density at radius 3 is 2.72 bits per heavy atom. The first-order valence-electron chi connectivity index (χ1n) is 6.16. The maximum Gasteiger partial charge on any atom is 0.255 e. The van der Waals surface area contributed by atoms with Gasteiger partial charge in [0.15, 0.2) is 0 Å². The summed E-state index contributed by atoms with van der Waals surface area (Å²) >= 11 is 0. The van der Waals surface area contributed by atoms with E-state index >= 15 is 0 Å². The Labute approximate surface area is 106 Å². The van der Waals surface area contributed by atoms with Gasteiger partial charge in [0.25, 0.3) is 5.91 Å². The summed E-state index contributed by atoms with van der Waals surface area (Å²) < 4.78 is 0. The van der Waals surface area contributed by atoms with Crippen molar-refractivity contribution in [1.29, 1.82) is 0 Å². The minimum absolute atomic E-state index is 0.0397. The summed E-state index contributed by atoms with van der Waals surface area (Å²) in [4.78, 5) is 12.0. The van der Waals surface area contributed by atoms with Crippen LogP contribution >= 0.6 is 0 Å². The van der Waals surface area contributed by atoms with Crippen LogP contribution in [-0.2, 0) is 0 Å². The SMILES string of the molecule is N[C@@H]1CCCC[C@H]1NC(=O)c1cc(O)ccc1O. The molecule has 5 nitrogen and oxygen atoms in total. The molecule has 1 aromatic rings. The highest BCUT2D eigenvalue weighted by Gasteiger charge is 2.24. The van der Waals surface area contributed by atoms with E-state index in [1.807, 2.05) is 0 Å². The van der Waals surface area contributed by atoms with Crippen LogP contribution in [0.4, 0.5) is 0 Å². The summed E-state index contributed by atoms with van der Waals surface area (Å²) in [6.45, 7) is 0. The van der Waals surface area contributed by atoms with Crippen molar-refractivity contribution >= 4 is 5.91 Å². The molecule has 0 aliphatic heterocycles. The molecule has 1 aliphatic carbocycles. The molecule has 0 bridgehead atoms. The van der Waals surface area contributed by atoms with Crippen molar-refractivity contribution in [2.75, 3.05) is 0 Å². The Morgan fingerprint density at radius 1 is 1.28 bits per heavy atom. The van der Waals surface area contributed by atoms with Crippen LogP contribution in [0.15, 0.2) is 18.2 Å². The first-order valence-corrected chi connectivity index (χ1v) is 6.16. The van der Waals surface area contributed by atoms with Crippen LogP contribution in [0.2, 0.25) is 0 Å². The molecule has 98 valence electrons. The van der Waals surface area contributed by atoms with Crippen molar-refractivity contribution in [3.8, 4) is 11.5 Å². The molecule has 0 heterocycles. The lowest BCUT2D eigenvalue weighted by Gasteiger charge is -2.29. The van der Waals surface area contributed by atoms with Crippen LogP contribution in [-0.4, -0.2) is 28.2 Å². The molecule has 18 heavy (non-hydrogen) atoms. The van der Waals surface area contributed by atoms with Crippen LogP contribution in [0.3, 0.4) is 0 Å². The van der Waals surface area contributed by atoms with E-state index in [1.165, 1.54) is 18.2 Å². The second kappa shape index (κ2) is 5.27. The van der Waals surface area contributed by atoms with Gasteiger partial charge in [0.2, 0.25) is 0 Å². The van der Waals surface area contributed by atoms with Crippen LogP contribution in [0.25, 0.3) is 0 Å². The number of nitrogens with two attached hydrogens (primary N) is 1. The van der Waals surface area contributed by atoms with Crippen LogP contribution in [0.5, 0.6) is 11.5 Å². The molecule has 2 atom stereocenters. The molecule has 0 aromatic heterocycles. The highest BCUT2D eigenvalue weighted by Crippen LogP contribution is 2.23. The van der Waals surface area contributed by atoms with E-state index in [0.717, 1.165) is 25.7 Å². The van der Waals surface area contributed by atoms with Crippen molar-refractivity contribution in [2.24, 2.45) is 5.73 Å². The summed E-state index contributed by atoms with van der Waals surface area (Å²) in [6, 6.07) is 3.78. The lowest BCUT2D eigenvalue weighted by atomic mass is 9.91. The minimum atomic E-state index is -0.397.